The number of rotatable bonds is 4. The molecule has 3 nitrogen and oxygen atoms in total. The van der Waals surface area contributed by atoms with E-state index in [-0.39, 0.29) is 0 Å². The van der Waals surface area contributed by atoms with E-state index in [1.54, 1.807) is 0 Å². The van der Waals surface area contributed by atoms with Crippen LogP contribution < -0.4 is 5.32 Å². The average Bonchev–Trinajstić information content (AvgIpc) is 2.79. The van der Waals surface area contributed by atoms with E-state index in [1.165, 1.54) is 6.42 Å². The van der Waals surface area contributed by atoms with Gasteiger partial charge in [-0.2, -0.15) is 0 Å². The second-order valence-electron chi connectivity index (χ2n) is 4.27. The van der Waals surface area contributed by atoms with Crippen LogP contribution in [0.3, 0.4) is 0 Å². The van der Waals surface area contributed by atoms with Crippen molar-refractivity contribution in [2.75, 3.05) is 25.0 Å². The molecule has 0 fully saturated rings. The maximum atomic E-state index is 6.14. The zero-order valence-electron chi connectivity index (χ0n) is 10.4. The molecule has 0 amide bonds. The van der Waals surface area contributed by atoms with Crippen molar-refractivity contribution in [3.63, 3.8) is 0 Å². The molecule has 0 aromatic heterocycles. The van der Waals surface area contributed by atoms with Gasteiger partial charge in [0.05, 0.1) is 22.3 Å². The Balaban J connectivity index is 2.08. The van der Waals surface area contributed by atoms with Crippen molar-refractivity contribution < 1.29 is 0 Å². The molecule has 1 aliphatic heterocycles. The number of aliphatic imine (C=N–C) groups is 1. The molecule has 1 N–H and O–H groups in total. The Morgan fingerprint density at radius 3 is 2.72 bits per heavy atom. The minimum Gasteiger partial charge on any atom is -0.341 e. The minimum atomic E-state index is 0.618. The van der Waals surface area contributed by atoms with Gasteiger partial charge in [0.2, 0.25) is 0 Å². The van der Waals surface area contributed by atoms with Crippen LogP contribution in [-0.4, -0.2) is 30.5 Å². The highest BCUT2D eigenvalue weighted by molar-refractivity contribution is 6.39. The first-order valence-corrected chi connectivity index (χ1v) is 6.98. The predicted molar refractivity (Wildman–Crippen MR) is 78.9 cm³/mol. The third-order valence-electron chi connectivity index (χ3n) is 2.91. The molecule has 0 saturated heterocycles. The van der Waals surface area contributed by atoms with Crippen molar-refractivity contribution in [2.24, 2.45) is 4.99 Å². The largest absolute Gasteiger partial charge is 0.341 e. The van der Waals surface area contributed by atoms with Crippen LogP contribution in [0, 0.1) is 0 Å². The minimum absolute atomic E-state index is 0.618. The van der Waals surface area contributed by atoms with Crippen LogP contribution in [0.15, 0.2) is 23.2 Å². The van der Waals surface area contributed by atoms with E-state index < -0.39 is 0 Å². The number of anilines is 1. The van der Waals surface area contributed by atoms with E-state index in [0.717, 1.165) is 37.7 Å². The molecule has 1 heterocycles. The normalized spacial score (nSPS) is 14.8. The van der Waals surface area contributed by atoms with Crippen LogP contribution in [-0.2, 0) is 0 Å². The van der Waals surface area contributed by atoms with Crippen LogP contribution >= 0.6 is 23.2 Å². The Bertz CT molecular complexity index is 426. The Morgan fingerprint density at radius 1 is 1.33 bits per heavy atom. The predicted octanol–water partition coefficient (Wildman–Crippen LogP) is 3.88. The van der Waals surface area contributed by atoms with E-state index in [2.05, 4.69) is 22.1 Å². The summed E-state index contributed by atoms with van der Waals surface area (Å²) in [6.45, 7) is 4.99. The molecule has 0 bridgehead atoms. The van der Waals surface area contributed by atoms with Crippen LogP contribution in [0.2, 0.25) is 10.0 Å². The molecule has 0 atom stereocenters. The van der Waals surface area contributed by atoms with Crippen LogP contribution in [0.5, 0.6) is 0 Å². The number of nitrogens with one attached hydrogen (secondary N) is 1. The fourth-order valence-corrected chi connectivity index (χ4v) is 2.39. The Morgan fingerprint density at radius 2 is 2.06 bits per heavy atom. The van der Waals surface area contributed by atoms with Gasteiger partial charge in [0.1, 0.15) is 0 Å². The van der Waals surface area contributed by atoms with E-state index in [0.29, 0.717) is 10.0 Å². The second kappa shape index (κ2) is 6.30. The summed E-state index contributed by atoms with van der Waals surface area (Å²) in [7, 11) is 0. The zero-order valence-corrected chi connectivity index (χ0v) is 11.9. The fraction of sp³-hybridized carbons (Fsp3) is 0.462. The van der Waals surface area contributed by atoms with Gasteiger partial charge in [-0.1, -0.05) is 42.6 Å². The van der Waals surface area contributed by atoms with Crippen molar-refractivity contribution in [1.82, 2.24) is 4.90 Å². The second-order valence-corrected chi connectivity index (χ2v) is 5.08. The molecule has 1 aliphatic rings. The first kappa shape index (κ1) is 13.5. The van der Waals surface area contributed by atoms with Crippen molar-refractivity contribution in [1.29, 1.82) is 0 Å². The zero-order chi connectivity index (χ0) is 13.0. The molecule has 0 radical (unpaired) electrons. The molecule has 0 unspecified atom stereocenters. The van der Waals surface area contributed by atoms with Gasteiger partial charge in [-0.25, -0.2) is 0 Å². The molecule has 0 spiro atoms. The highest BCUT2D eigenvalue weighted by atomic mass is 35.5. The number of benzene rings is 1. The molecule has 18 heavy (non-hydrogen) atoms. The van der Waals surface area contributed by atoms with Crippen LogP contribution in [0.25, 0.3) is 0 Å². The molecule has 2 rings (SSSR count). The van der Waals surface area contributed by atoms with Gasteiger partial charge in [0, 0.05) is 13.1 Å². The first-order valence-electron chi connectivity index (χ1n) is 6.22. The standard InChI is InChI=1S/C13H17Cl2N3/c1-2-3-8-18-9-7-16-13(18)17-12-10(14)5-4-6-11(12)15/h4-6H,2-3,7-9H2,1H3,(H,16,17). The van der Waals surface area contributed by atoms with Gasteiger partial charge < -0.3 is 10.2 Å². The summed E-state index contributed by atoms with van der Waals surface area (Å²) in [5, 5.41) is 4.48. The van der Waals surface area contributed by atoms with Gasteiger partial charge in [-0.3, -0.25) is 4.99 Å². The van der Waals surface area contributed by atoms with Gasteiger partial charge in [0.15, 0.2) is 5.96 Å². The van der Waals surface area contributed by atoms with Gasteiger partial charge in [-0.05, 0) is 18.6 Å². The van der Waals surface area contributed by atoms with Crippen LogP contribution in [0.1, 0.15) is 19.8 Å². The van der Waals surface area contributed by atoms with Crippen LogP contribution in [0.4, 0.5) is 5.69 Å². The maximum absolute atomic E-state index is 6.14. The topological polar surface area (TPSA) is 27.6 Å². The lowest BCUT2D eigenvalue weighted by atomic mass is 10.3. The summed E-state index contributed by atoms with van der Waals surface area (Å²) in [6, 6.07) is 5.48. The Hall–Kier alpha value is -0.930. The van der Waals surface area contributed by atoms with Crippen molar-refractivity contribution in [2.45, 2.75) is 19.8 Å². The average molecular weight is 286 g/mol. The van der Waals surface area contributed by atoms with E-state index in [9.17, 15) is 0 Å². The molecular formula is C13H17Cl2N3. The highest BCUT2D eigenvalue weighted by Crippen LogP contribution is 2.30. The highest BCUT2D eigenvalue weighted by Gasteiger charge is 2.18. The quantitative estimate of drug-likeness (QED) is 0.909. The summed E-state index contributed by atoms with van der Waals surface area (Å²) in [4.78, 5) is 6.70. The number of unbranched alkanes of at least 4 members (excludes halogenated alkanes) is 1. The molecule has 5 heteroatoms. The molecule has 1 aromatic rings. The maximum Gasteiger partial charge on any atom is 0.198 e. The number of para-hydroxylation sites is 1. The summed E-state index contributed by atoms with van der Waals surface area (Å²) in [5.74, 6) is 0.874. The molecular weight excluding hydrogens is 269 g/mol. The number of hydrogen-bond acceptors (Lipinski definition) is 3. The number of hydrogen-bond donors (Lipinski definition) is 1. The monoisotopic (exact) mass is 285 g/mol. The molecule has 0 saturated carbocycles. The lowest BCUT2D eigenvalue weighted by Gasteiger charge is -2.21. The summed E-state index contributed by atoms with van der Waals surface area (Å²) in [6.07, 6.45) is 2.34. The number of nitrogens with zero attached hydrogens (tertiary/aromatic N) is 2. The van der Waals surface area contributed by atoms with E-state index >= 15 is 0 Å². The first-order chi connectivity index (χ1) is 8.72. The third kappa shape index (κ3) is 3.09. The van der Waals surface area contributed by atoms with Crippen molar-refractivity contribution in [3.8, 4) is 0 Å². The van der Waals surface area contributed by atoms with E-state index in [4.69, 9.17) is 23.2 Å². The van der Waals surface area contributed by atoms with Gasteiger partial charge >= 0.3 is 0 Å². The lowest BCUT2D eigenvalue weighted by molar-refractivity contribution is 0.442. The lowest BCUT2D eigenvalue weighted by Crippen LogP contribution is -2.34. The van der Waals surface area contributed by atoms with Crippen molar-refractivity contribution >= 4 is 34.8 Å². The Labute approximate surface area is 118 Å². The molecule has 98 valence electrons. The Kier molecular flexibility index (Phi) is 4.72. The van der Waals surface area contributed by atoms with Gasteiger partial charge in [0.25, 0.3) is 0 Å². The van der Waals surface area contributed by atoms with E-state index in [1.807, 2.05) is 18.2 Å². The summed E-state index contributed by atoms with van der Waals surface area (Å²) in [5.41, 5.74) is 0.739. The summed E-state index contributed by atoms with van der Waals surface area (Å²) < 4.78 is 0. The number of guanidine groups is 1. The third-order valence-corrected chi connectivity index (χ3v) is 3.54. The smallest absolute Gasteiger partial charge is 0.198 e. The molecule has 0 aliphatic carbocycles. The van der Waals surface area contributed by atoms with Gasteiger partial charge in [-0.15, -0.1) is 0 Å². The molecule has 1 aromatic carbocycles. The summed E-state index contributed by atoms with van der Waals surface area (Å²) >= 11 is 12.3. The SMILES string of the molecule is CCCCN1CCN=C1Nc1c(Cl)cccc1Cl. The van der Waals surface area contributed by atoms with Crippen molar-refractivity contribution in [3.05, 3.63) is 28.2 Å². The fourth-order valence-electron chi connectivity index (χ4n) is 1.90. The number of halogens is 2.